The fourth-order valence-electron chi connectivity index (χ4n) is 3.80. The first-order chi connectivity index (χ1) is 14.9. The summed E-state index contributed by atoms with van der Waals surface area (Å²) in [5.41, 5.74) is 0.0403. The number of nitrogens with one attached hydrogen (secondary N) is 1. The highest BCUT2D eigenvalue weighted by Gasteiger charge is 2.24. The van der Waals surface area contributed by atoms with Crippen LogP contribution in [0.4, 0.5) is 8.78 Å². The van der Waals surface area contributed by atoms with Gasteiger partial charge in [-0.1, -0.05) is 24.3 Å². The van der Waals surface area contributed by atoms with E-state index in [0.29, 0.717) is 29.6 Å². The van der Waals surface area contributed by atoms with Crippen molar-refractivity contribution in [3.8, 4) is 0 Å². The van der Waals surface area contributed by atoms with Crippen LogP contribution in [0.2, 0.25) is 0 Å². The van der Waals surface area contributed by atoms with Gasteiger partial charge in [0, 0.05) is 11.9 Å². The summed E-state index contributed by atoms with van der Waals surface area (Å²) in [7, 11) is -4.47. The minimum Gasteiger partial charge on any atom is -0.301 e. The lowest BCUT2D eigenvalue weighted by molar-refractivity contribution is 0.312. The Bertz CT molecular complexity index is 1250. The summed E-state index contributed by atoms with van der Waals surface area (Å²) in [6.45, 7) is 2.66. The molecule has 10 heteroatoms. The van der Waals surface area contributed by atoms with Gasteiger partial charge < -0.3 is 4.90 Å². The number of sulfonamides is 1. The van der Waals surface area contributed by atoms with Crippen LogP contribution in [0.15, 0.2) is 52.2 Å². The molecule has 0 amide bonds. The van der Waals surface area contributed by atoms with E-state index in [0.717, 1.165) is 44.1 Å². The van der Waals surface area contributed by atoms with E-state index >= 15 is 0 Å². The summed E-state index contributed by atoms with van der Waals surface area (Å²) in [6, 6.07) is 9.61. The van der Waals surface area contributed by atoms with Crippen LogP contribution in [0.1, 0.15) is 18.5 Å². The molecule has 4 rings (SSSR count). The Morgan fingerprint density at radius 3 is 2.26 bits per heavy atom. The molecule has 2 heterocycles. The van der Waals surface area contributed by atoms with Gasteiger partial charge >= 0.3 is 0 Å². The molecule has 164 valence electrons. The topological polar surface area (TPSA) is 84.3 Å². The summed E-state index contributed by atoms with van der Waals surface area (Å²) >= 11 is 0. The van der Waals surface area contributed by atoms with Gasteiger partial charge in [0.2, 0.25) is 10.0 Å². The minimum absolute atomic E-state index is 0.262. The lowest BCUT2D eigenvalue weighted by atomic mass is 10.1. The number of hydrogen-bond donors (Lipinski definition) is 1. The zero-order valence-corrected chi connectivity index (χ0v) is 17.5. The Kier molecular flexibility index (Phi) is 6.12. The number of hydrogen-bond acceptors (Lipinski definition) is 5. The standard InChI is InChI=1S/C21H22F2N4O3S/c22-17-8-5-9-18(23)20(17)31(29,30)24-14-19-15-6-1-2-7-16(15)21(28)27(25-19)13-12-26-10-3-4-11-26/h1-2,5-9,24H,3-4,10-14H2. The van der Waals surface area contributed by atoms with Crippen LogP contribution in [0.25, 0.3) is 10.8 Å². The first kappa shape index (κ1) is 21.5. The average Bonchev–Trinajstić information content (AvgIpc) is 3.26. The average molecular weight is 448 g/mol. The van der Waals surface area contributed by atoms with Gasteiger partial charge in [-0.3, -0.25) is 4.79 Å². The largest absolute Gasteiger partial charge is 0.301 e. The first-order valence-corrected chi connectivity index (χ1v) is 11.5. The fourth-order valence-corrected chi connectivity index (χ4v) is 4.93. The molecule has 0 atom stereocenters. The number of halogens is 2. The molecular weight excluding hydrogens is 426 g/mol. The highest BCUT2D eigenvalue weighted by atomic mass is 32.2. The second-order valence-corrected chi connectivity index (χ2v) is 9.15. The van der Waals surface area contributed by atoms with Crippen LogP contribution in [0.5, 0.6) is 0 Å². The Morgan fingerprint density at radius 2 is 1.58 bits per heavy atom. The highest BCUT2D eigenvalue weighted by molar-refractivity contribution is 7.89. The van der Waals surface area contributed by atoms with Gasteiger partial charge in [0.25, 0.3) is 5.56 Å². The van der Waals surface area contributed by atoms with E-state index in [1.807, 2.05) is 0 Å². The Morgan fingerprint density at radius 1 is 0.935 bits per heavy atom. The lowest BCUT2D eigenvalue weighted by Gasteiger charge is -2.16. The van der Waals surface area contributed by atoms with Gasteiger partial charge in [-0.05, 0) is 44.1 Å². The van der Waals surface area contributed by atoms with Crippen LogP contribution in [0, 0.1) is 11.6 Å². The summed E-state index contributed by atoms with van der Waals surface area (Å²) in [5.74, 6) is -2.36. The zero-order valence-electron chi connectivity index (χ0n) is 16.7. The van der Waals surface area contributed by atoms with Crippen LogP contribution < -0.4 is 10.3 Å². The number of benzene rings is 2. The third-order valence-corrected chi connectivity index (χ3v) is 6.84. The van der Waals surface area contributed by atoms with Gasteiger partial charge in [0.1, 0.15) is 11.6 Å². The molecule has 0 bridgehead atoms. The second-order valence-electron chi connectivity index (χ2n) is 7.44. The molecule has 1 saturated heterocycles. The van der Waals surface area contributed by atoms with Crippen molar-refractivity contribution in [1.29, 1.82) is 0 Å². The number of likely N-dealkylation sites (tertiary alicyclic amines) is 1. The summed E-state index contributed by atoms with van der Waals surface area (Å²) in [4.78, 5) is 14.0. The summed E-state index contributed by atoms with van der Waals surface area (Å²) < 4.78 is 56.6. The van der Waals surface area contributed by atoms with Crippen molar-refractivity contribution < 1.29 is 17.2 Å². The van der Waals surface area contributed by atoms with Crippen LogP contribution in [0.3, 0.4) is 0 Å². The monoisotopic (exact) mass is 448 g/mol. The predicted molar refractivity (Wildman–Crippen MR) is 112 cm³/mol. The maximum atomic E-state index is 14.0. The van der Waals surface area contributed by atoms with Crippen LogP contribution in [-0.2, 0) is 23.1 Å². The molecule has 1 N–H and O–H groups in total. The van der Waals surface area contributed by atoms with E-state index in [1.165, 1.54) is 4.68 Å². The van der Waals surface area contributed by atoms with E-state index in [2.05, 4.69) is 14.7 Å². The molecule has 1 aliphatic heterocycles. The van der Waals surface area contributed by atoms with Crippen LogP contribution in [-0.4, -0.2) is 42.7 Å². The predicted octanol–water partition coefficient (Wildman–Crippen LogP) is 2.25. The van der Waals surface area contributed by atoms with E-state index < -0.39 is 26.6 Å². The number of rotatable bonds is 7. The normalized spacial score (nSPS) is 15.0. The van der Waals surface area contributed by atoms with Gasteiger partial charge in [-0.25, -0.2) is 26.6 Å². The van der Waals surface area contributed by atoms with Crippen molar-refractivity contribution in [2.75, 3.05) is 19.6 Å². The van der Waals surface area contributed by atoms with Gasteiger partial charge in [-0.2, -0.15) is 5.10 Å². The quantitative estimate of drug-likeness (QED) is 0.599. The molecule has 1 aromatic heterocycles. The summed E-state index contributed by atoms with van der Waals surface area (Å²) in [6.07, 6.45) is 2.25. The molecule has 0 aliphatic carbocycles. The van der Waals surface area contributed by atoms with Crippen molar-refractivity contribution in [2.24, 2.45) is 0 Å². The molecule has 31 heavy (non-hydrogen) atoms. The van der Waals surface area contributed by atoms with Crippen LogP contribution >= 0.6 is 0 Å². The van der Waals surface area contributed by atoms with E-state index in [1.54, 1.807) is 24.3 Å². The minimum atomic E-state index is -4.47. The Labute approximate surface area is 178 Å². The molecule has 0 unspecified atom stereocenters. The molecule has 3 aromatic rings. The van der Waals surface area contributed by atoms with Crippen molar-refractivity contribution in [3.05, 3.63) is 70.1 Å². The third-order valence-electron chi connectivity index (χ3n) is 5.39. The van der Waals surface area contributed by atoms with E-state index in [-0.39, 0.29) is 12.1 Å². The maximum Gasteiger partial charge on any atom is 0.274 e. The molecule has 0 saturated carbocycles. The number of aromatic nitrogens is 2. The lowest BCUT2D eigenvalue weighted by Crippen LogP contribution is -2.33. The van der Waals surface area contributed by atoms with Gasteiger partial charge in [0.05, 0.1) is 24.2 Å². The fraction of sp³-hybridized carbons (Fsp3) is 0.333. The first-order valence-electron chi connectivity index (χ1n) is 10.0. The third kappa shape index (κ3) is 4.51. The SMILES string of the molecule is O=c1c2ccccc2c(CNS(=O)(=O)c2c(F)cccc2F)nn1CCN1CCCC1. The van der Waals surface area contributed by atoms with E-state index in [4.69, 9.17) is 0 Å². The molecule has 0 spiro atoms. The Balaban J connectivity index is 1.65. The maximum absolute atomic E-state index is 14.0. The molecule has 0 radical (unpaired) electrons. The molecule has 7 nitrogen and oxygen atoms in total. The van der Waals surface area contributed by atoms with Gasteiger partial charge in [-0.15, -0.1) is 0 Å². The van der Waals surface area contributed by atoms with E-state index in [9.17, 15) is 22.0 Å². The highest BCUT2D eigenvalue weighted by Crippen LogP contribution is 2.19. The molecule has 1 aliphatic rings. The molecule has 2 aromatic carbocycles. The zero-order chi connectivity index (χ0) is 22.0. The molecular formula is C21H22F2N4O3S. The van der Waals surface area contributed by atoms with Crippen molar-refractivity contribution in [3.63, 3.8) is 0 Å². The van der Waals surface area contributed by atoms with Crippen molar-refractivity contribution >= 4 is 20.8 Å². The van der Waals surface area contributed by atoms with Gasteiger partial charge in [0.15, 0.2) is 4.90 Å². The second kappa shape index (κ2) is 8.81. The Hall–Kier alpha value is -2.69. The van der Waals surface area contributed by atoms with Crippen molar-refractivity contribution in [1.82, 2.24) is 19.4 Å². The smallest absolute Gasteiger partial charge is 0.274 e. The number of fused-ring (bicyclic) bond motifs is 1. The molecule has 1 fully saturated rings. The van der Waals surface area contributed by atoms with Crippen molar-refractivity contribution in [2.45, 2.75) is 30.8 Å². The summed E-state index contributed by atoms with van der Waals surface area (Å²) in [5, 5.41) is 5.26. The number of nitrogens with zero attached hydrogens (tertiary/aromatic N) is 3.